The predicted octanol–water partition coefficient (Wildman–Crippen LogP) is 2.97. The minimum Gasteiger partial charge on any atom is -0.481 e. The largest absolute Gasteiger partial charge is 0.481 e. The minimum atomic E-state index is -0.833. The number of benzene rings is 1. The van der Waals surface area contributed by atoms with E-state index in [-0.39, 0.29) is 24.9 Å². The van der Waals surface area contributed by atoms with E-state index < -0.39 is 17.3 Å². The van der Waals surface area contributed by atoms with Crippen molar-refractivity contribution in [3.63, 3.8) is 0 Å². The summed E-state index contributed by atoms with van der Waals surface area (Å²) in [4.78, 5) is 25.3. The summed E-state index contributed by atoms with van der Waals surface area (Å²) in [7, 11) is 0. The lowest BCUT2D eigenvalue weighted by atomic mass is 9.83. The molecule has 1 unspecified atom stereocenters. The highest BCUT2D eigenvalue weighted by atomic mass is 35.5. The van der Waals surface area contributed by atoms with E-state index in [0.717, 1.165) is 5.56 Å². The SMILES string of the molecule is CC(C)(C(=O)N1CCC(C(=O)O)C1)c1cccc(Cl)c1.Cl. The van der Waals surface area contributed by atoms with Crippen molar-refractivity contribution in [3.05, 3.63) is 34.9 Å². The standard InChI is InChI=1S/C15H18ClNO3.ClH/c1-15(2,11-4-3-5-12(16)8-11)14(20)17-7-6-10(9-17)13(18)19;/h3-5,8,10H,6-7,9H2,1-2H3,(H,18,19);1H. The van der Waals surface area contributed by atoms with Crippen LogP contribution in [0.5, 0.6) is 0 Å². The number of amides is 1. The minimum absolute atomic E-state index is 0. The summed E-state index contributed by atoms with van der Waals surface area (Å²) in [6.07, 6.45) is 0.521. The van der Waals surface area contributed by atoms with Crippen molar-refractivity contribution >= 4 is 35.9 Å². The molecular formula is C15H19Cl2NO3. The van der Waals surface area contributed by atoms with Crippen LogP contribution in [0, 0.1) is 5.92 Å². The Bertz CT molecular complexity index is 545. The van der Waals surface area contributed by atoms with Crippen LogP contribution in [0.3, 0.4) is 0 Å². The third-order valence-corrected chi connectivity index (χ3v) is 4.14. The number of hydrogen-bond donors (Lipinski definition) is 1. The Morgan fingerprint density at radius 2 is 2.05 bits per heavy atom. The molecule has 1 atom stereocenters. The van der Waals surface area contributed by atoms with E-state index >= 15 is 0 Å². The van der Waals surface area contributed by atoms with Crippen molar-refractivity contribution in [2.24, 2.45) is 5.92 Å². The van der Waals surface area contributed by atoms with Gasteiger partial charge >= 0.3 is 5.97 Å². The Morgan fingerprint density at radius 1 is 1.38 bits per heavy atom. The smallest absolute Gasteiger partial charge is 0.308 e. The number of likely N-dealkylation sites (tertiary alicyclic amines) is 1. The van der Waals surface area contributed by atoms with Gasteiger partial charge in [-0.3, -0.25) is 9.59 Å². The lowest BCUT2D eigenvalue weighted by Crippen LogP contribution is -2.42. The van der Waals surface area contributed by atoms with Gasteiger partial charge in [-0.1, -0.05) is 23.7 Å². The summed E-state index contributed by atoms with van der Waals surface area (Å²) in [6, 6.07) is 7.23. The molecule has 1 heterocycles. The number of rotatable bonds is 3. The lowest BCUT2D eigenvalue weighted by molar-refractivity contribution is -0.141. The fourth-order valence-corrected chi connectivity index (χ4v) is 2.73. The number of halogens is 2. The van der Waals surface area contributed by atoms with Crippen LogP contribution < -0.4 is 0 Å². The monoisotopic (exact) mass is 331 g/mol. The average Bonchev–Trinajstić information content (AvgIpc) is 2.87. The van der Waals surface area contributed by atoms with Gasteiger partial charge in [-0.15, -0.1) is 12.4 Å². The van der Waals surface area contributed by atoms with E-state index in [4.69, 9.17) is 16.7 Å². The summed E-state index contributed by atoms with van der Waals surface area (Å²) < 4.78 is 0. The van der Waals surface area contributed by atoms with Gasteiger partial charge in [0.15, 0.2) is 0 Å². The predicted molar refractivity (Wildman–Crippen MR) is 84.0 cm³/mol. The van der Waals surface area contributed by atoms with E-state index in [1.807, 2.05) is 26.0 Å². The van der Waals surface area contributed by atoms with Crippen LogP contribution >= 0.6 is 24.0 Å². The van der Waals surface area contributed by atoms with Crippen LogP contribution in [0.15, 0.2) is 24.3 Å². The van der Waals surface area contributed by atoms with Gasteiger partial charge in [0.1, 0.15) is 0 Å². The van der Waals surface area contributed by atoms with E-state index in [2.05, 4.69) is 0 Å². The lowest BCUT2D eigenvalue weighted by Gasteiger charge is -2.29. The summed E-state index contributed by atoms with van der Waals surface area (Å²) in [5.41, 5.74) is 0.131. The Morgan fingerprint density at radius 3 is 2.57 bits per heavy atom. The molecule has 1 aliphatic heterocycles. The molecule has 21 heavy (non-hydrogen) atoms. The molecule has 0 spiro atoms. The molecule has 1 aliphatic rings. The molecule has 6 heteroatoms. The normalized spacial score (nSPS) is 18.2. The first kappa shape index (κ1) is 17.8. The van der Waals surface area contributed by atoms with Gasteiger partial charge < -0.3 is 10.0 Å². The molecule has 1 aromatic rings. The zero-order valence-corrected chi connectivity index (χ0v) is 13.6. The zero-order valence-electron chi connectivity index (χ0n) is 12.0. The molecule has 4 nitrogen and oxygen atoms in total. The fraction of sp³-hybridized carbons (Fsp3) is 0.467. The van der Waals surface area contributed by atoms with E-state index in [0.29, 0.717) is 18.0 Å². The Kier molecular flexibility index (Phi) is 5.65. The number of carboxylic acids is 1. The third-order valence-electron chi connectivity index (χ3n) is 3.91. The average molecular weight is 332 g/mol. The van der Waals surface area contributed by atoms with E-state index in [1.54, 1.807) is 17.0 Å². The number of carboxylic acid groups (broad SMARTS) is 1. The molecule has 1 aromatic carbocycles. The van der Waals surface area contributed by atoms with Crippen molar-refractivity contribution in [1.82, 2.24) is 4.90 Å². The maximum Gasteiger partial charge on any atom is 0.308 e. The second-order valence-corrected chi connectivity index (χ2v) is 6.15. The Balaban J connectivity index is 0.00000220. The van der Waals surface area contributed by atoms with Crippen molar-refractivity contribution in [1.29, 1.82) is 0 Å². The number of nitrogens with zero attached hydrogens (tertiary/aromatic N) is 1. The quantitative estimate of drug-likeness (QED) is 0.926. The molecule has 1 amide bonds. The molecule has 0 saturated carbocycles. The van der Waals surface area contributed by atoms with Crippen LogP contribution in [0.2, 0.25) is 5.02 Å². The number of aliphatic carboxylic acids is 1. The van der Waals surface area contributed by atoms with Crippen molar-refractivity contribution in [2.75, 3.05) is 13.1 Å². The molecular weight excluding hydrogens is 313 g/mol. The zero-order chi connectivity index (χ0) is 14.9. The van der Waals surface area contributed by atoms with Crippen LogP contribution in [-0.2, 0) is 15.0 Å². The van der Waals surface area contributed by atoms with Crippen LogP contribution in [0.4, 0.5) is 0 Å². The second kappa shape index (κ2) is 6.67. The molecule has 2 rings (SSSR count). The van der Waals surface area contributed by atoms with Crippen molar-refractivity contribution < 1.29 is 14.7 Å². The topological polar surface area (TPSA) is 57.6 Å². The molecule has 0 aliphatic carbocycles. The number of carbonyl (C=O) groups is 2. The van der Waals surface area contributed by atoms with Gasteiger partial charge in [-0.25, -0.2) is 0 Å². The third kappa shape index (κ3) is 3.69. The second-order valence-electron chi connectivity index (χ2n) is 5.71. The highest BCUT2D eigenvalue weighted by Gasteiger charge is 2.38. The number of hydrogen-bond acceptors (Lipinski definition) is 2. The van der Waals surface area contributed by atoms with Crippen molar-refractivity contribution in [2.45, 2.75) is 25.7 Å². The van der Waals surface area contributed by atoms with E-state index in [1.165, 1.54) is 0 Å². The van der Waals surface area contributed by atoms with Gasteiger partial charge in [-0.2, -0.15) is 0 Å². The first-order valence-corrected chi connectivity index (χ1v) is 6.98. The maximum absolute atomic E-state index is 12.6. The summed E-state index contributed by atoms with van der Waals surface area (Å²) in [5, 5.41) is 9.60. The van der Waals surface area contributed by atoms with Gasteiger partial charge in [0, 0.05) is 18.1 Å². The van der Waals surface area contributed by atoms with Gasteiger partial charge in [0.25, 0.3) is 0 Å². The van der Waals surface area contributed by atoms with Crippen LogP contribution in [-0.4, -0.2) is 35.0 Å². The summed E-state index contributed by atoms with van der Waals surface area (Å²) >= 11 is 5.98. The molecule has 0 bridgehead atoms. The summed E-state index contributed by atoms with van der Waals surface area (Å²) in [5.74, 6) is -1.33. The molecule has 1 fully saturated rings. The first-order chi connectivity index (χ1) is 9.32. The van der Waals surface area contributed by atoms with Gasteiger partial charge in [-0.05, 0) is 38.0 Å². The maximum atomic E-state index is 12.6. The summed E-state index contributed by atoms with van der Waals surface area (Å²) in [6.45, 7) is 4.47. The highest BCUT2D eigenvalue weighted by molar-refractivity contribution is 6.30. The van der Waals surface area contributed by atoms with Crippen molar-refractivity contribution in [3.8, 4) is 0 Å². The molecule has 1 N–H and O–H groups in total. The van der Waals surface area contributed by atoms with Gasteiger partial charge in [0.2, 0.25) is 5.91 Å². The Hall–Kier alpha value is -1.26. The van der Waals surface area contributed by atoms with Crippen LogP contribution in [0.1, 0.15) is 25.8 Å². The van der Waals surface area contributed by atoms with Gasteiger partial charge in [0.05, 0.1) is 11.3 Å². The highest BCUT2D eigenvalue weighted by Crippen LogP contribution is 2.30. The molecule has 1 saturated heterocycles. The fourth-order valence-electron chi connectivity index (χ4n) is 2.54. The van der Waals surface area contributed by atoms with Crippen LogP contribution in [0.25, 0.3) is 0 Å². The first-order valence-electron chi connectivity index (χ1n) is 6.60. The molecule has 0 aromatic heterocycles. The molecule has 116 valence electrons. The molecule has 0 radical (unpaired) electrons. The van der Waals surface area contributed by atoms with E-state index in [9.17, 15) is 9.59 Å². The number of carbonyl (C=O) groups excluding carboxylic acids is 1. The Labute approximate surface area is 135 Å².